The van der Waals surface area contributed by atoms with Gasteiger partial charge in [0.25, 0.3) is 0 Å². The number of nitrogens with zero attached hydrogens (tertiary/aromatic N) is 4. The fourth-order valence-corrected chi connectivity index (χ4v) is 5.16. The van der Waals surface area contributed by atoms with Crippen LogP contribution >= 0.6 is 0 Å². The molecule has 2 aliphatic rings. The highest BCUT2D eigenvalue weighted by molar-refractivity contribution is 5.92. The summed E-state index contributed by atoms with van der Waals surface area (Å²) in [6.45, 7) is 4.40. The number of methoxy groups -OCH3 is 1. The van der Waals surface area contributed by atoms with Crippen LogP contribution in [0.15, 0.2) is 46.9 Å². The van der Waals surface area contributed by atoms with E-state index in [2.05, 4.69) is 4.68 Å². The molecule has 8 heteroatoms. The van der Waals surface area contributed by atoms with Gasteiger partial charge in [-0.3, -0.25) is 9.48 Å². The third kappa shape index (κ3) is 3.87. The van der Waals surface area contributed by atoms with Crippen molar-refractivity contribution in [1.29, 1.82) is 0 Å². The Morgan fingerprint density at radius 2 is 1.91 bits per heavy atom. The van der Waals surface area contributed by atoms with Crippen LogP contribution in [0.1, 0.15) is 37.1 Å². The average molecular weight is 473 g/mol. The Bertz CT molecular complexity index is 1380. The minimum absolute atomic E-state index is 0.0850. The first-order chi connectivity index (χ1) is 17.1. The first-order valence-corrected chi connectivity index (χ1v) is 12.1. The van der Waals surface area contributed by atoms with Crippen LogP contribution < -0.4 is 4.74 Å². The molecule has 4 heterocycles. The topological polar surface area (TPSA) is 82.6 Å². The van der Waals surface area contributed by atoms with E-state index in [1.165, 1.54) is 5.69 Å². The van der Waals surface area contributed by atoms with Gasteiger partial charge in [-0.05, 0) is 43.2 Å². The average Bonchev–Trinajstić information content (AvgIpc) is 3.51. The molecule has 1 fully saturated rings. The van der Waals surface area contributed by atoms with Gasteiger partial charge >= 0.3 is 0 Å². The minimum Gasteiger partial charge on any atom is -0.497 e. The summed E-state index contributed by atoms with van der Waals surface area (Å²) in [7, 11) is 1.65. The molecule has 0 aliphatic carbocycles. The maximum atomic E-state index is 12.2. The zero-order valence-electron chi connectivity index (χ0n) is 20.0. The summed E-state index contributed by atoms with van der Waals surface area (Å²) in [4.78, 5) is 19.0. The van der Waals surface area contributed by atoms with Crippen LogP contribution in [0.5, 0.6) is 5.75 Å². The van der Waals surface area contributed by atoms with Crippen molar-refractivity contribution < 1.29 is 18.7 Å². The van der Waals surface area contributed by atoms with Crippen molar-refractivity contribution in [2.75, 3.05) is 26.9 Å². The number of hydrogen-bond acceptors (Lipinski definition) is 6. The van der Waals surface area contributed by atoms with Gasteiger partial charge in [-0.25, -0.2) is 4.98 Å². The number of benzene rings is 2. The van der Waals surface area contributed by atoms with E-state index in [1.807, 2.05) is 47.4 Å². The summed E-state index contributed by atoms with van der Waals surface area (Å²) in [6.07, 6.45) is 2.69. The summed E-state index contributed by atoms with van der Waals surface area (Å²) in [5.41, 5.74) is 6.51. The van der Waals surface area contributed by atoms with Crippen LogP contribution in [0.3, 0.4) is 0 Å². The van der Waals surface area contributed by atoms with Crippen molar-refractivity contribution in [3.63, 3.8) is 0 Å². The lowest BCUT2D eigenvalue weighted by atomic mass is 9.99. The number of aromatic nitrogens is 3. The molecule has 0 radical (unpaired) electrons. The molecule has 8 nitrogen and oxygen atoms in total. The highest BCUT2D eigenvalue weighted by Gasteiger charge is 2.31. The van der Waals surface area contributed by atoms with E-state index in [4.69, 9.17) is 24.0 Å². The SMILES string of the molecule is COc1ccc(-c2nc3c(-c4nn(C5CCOCC5)c5c4CN(C(C)=O)CC5)cccc3o2)cc1. The third-order valence-corrected chi connectivity index (χ3v) is 7.08. The Morgan fingerprint density at radius 3 is 2.66 bits per heavy atom. The standard InChI is InChI=1S/C27H28N4O4/c1-17(32)30-13-10-23-22(16-30)25(29-31(23)19-11-14-34-15-12-19)21-4-3-5-24-26(21)28-27(35-24)18-6-8-20(33-2)9-7-18/h3-9,19H,10-16H2,1-2H3. The van der Waals surface area contributed by atoms with Crippen LogP contribution in [-0.4, -0.2) is 52.4 Å². The van der Waals surface area contributed by atoms with Crippen molar-refractivity contribution in [3.05, 3.63) is 53.7 Å². The van der Waals surface area contributed by atoms with Gasteiger partial charge in [-0.2, -0.15) is 5.10 Å². The van der Waals surface area contributed by atoms with Crippen LogP contribution in [0.4, 0.5) is 0 Å². The van der Waals surface area contributed by atoms with Gasteiger partial charge in [0, 0.05) is 62.0 Å². The molecule has 35 heavy (non-hydrogen) atoms. The van der Waals surface area contributed by atoms with Gasteiger partial charge in [0.1, 0.15) is 11.3 Å². The van der Waals surface area contributed by atoms with E-state index in [-0.39, 0.29) is 5.91 Å². The summed E-state index contributed by atoms with van der Waals surface area (Å²) >= 11 is 0. The van der Waals surface area contributed by atoms with Crippen LogP contribution in [-0.2, 0) is 22.5 Å². The molecule has 180 valence electrons. The van der Waals surface area contributed by atoms with E-state index >= 15 is 0 Å². The van der Waals surface area contributed by atoms with Crippen molar-refractivity contribution in [3.8, 4) is 28.5 Å². The Labute approximate surface area is 203 Å². The molecular formula is C27H28N4O4. The number of oxazole rings is 1. The number of ether oxygens (including phenoxy) is 2. The van der Waals surface area contributed by atoms with Gasteiger partial charge < -0.3 is 18.8 Å². The van der Waals surface area contributed by atoms with E-state index in [0.717, 1.165) is 66.1 Å². The molecule has 6 rings (SSSR count). The zero-order chi connectivity index (χ0) is 23.9. The molecule has 0 atom stereocenters. The van der Waals surface area contributed by atoms with Crippen molar-refractivity contribution in [2.24, 2.45) is 0 Å². The van der Waals surface area contributed by atoms with E-state index in [1.54, 1.807) is 14.0 Å². The predicted octanol–water partition coefficient (Wildman–Crippen LogP) is 4.62. The minimum atomic E-state index is 0.0850. The van der Waals surface area contributed by atoms with Crippen LogP contribution in [0, 0.1) is 0 Å². The van der Waals surface area contributed by atoms with Crippen LogP contribution in [0.25, 0.3) is 33.8 Å². The number of amides is 1. The molecule has 2 aliphatic heterocycles. The fourth-order valence-electron chi connectivity index (χ4n) is 5.16. The van der Waals surface area contributed by atoms with Gasteiger partial charge in [-0.15, -0.1) is 0 Å². The lowest BCUT2D eigenvalue weighted by molar-refractivity contribution is -0.129. The Balaban J connectivity index is 1.47. The van der Waals surface area contributed by atoms with Gasteiger partial charge in [0.2, 0.25) is 11.8 Å². The Kier molecular flexibility index (Phi) is 5.53. The molecule has 0 bridgehead atoms. The maximum Gasteiger partial charge on any atom is 0.227 e. The summed E-state index contributed by atoms with van der Waals surface area (Å²) < 4.78 is 19.2. The highest BCUT2D eigenvalue weighted by atomic mass is 16.5. The Hall–Kier alpha value is -3.65. The smallest absolute Gasteiger partial charge is 0.227 e. The largest absolute Gasteiger partial charge is 0.497 e. The van der Waals surface area contributed by atoms with Gasteiger partial charge in [0.15, 0.2) is 5.58 Å². The molecule has 1 saturated heterocycles. The molecular weight excluding hydrogens is 444 g/mol. The highest BCUT2D eigenvalue weighted by Crippen LogP contribution is 2.38. The molecule has 1 amide bonds. The van der Waals surface area contributed by atoms with E-state index < -0.39 is 0 Å². The molecule has 0 N–H and O–H groups in total. The zero-order valence-corrected chi connectivity index (χ0v) is 20.0. The number of hydrogen-bond donors (Lipinski definition) is 0. The number of fused-ring (bicyclic) bond motifs is 2. The second-order valence-corrected chi connectivity index (χ2v) is 9.15. The monoisotopic (exact) mass is 472 g/mol. The lowest BCUT2D eigenvalue weighted by Crippen LogP contribution is -2.35. The summed E-state index contributed by atoms with van der Waals surface area (Å²) in [5, 5.41) is 5.16. The quantitative estimate of drug-likeness (QED) is 0.431. The second kappa shape index (κ2) is 8.85. The first-order valence-electron chi connectivity index (χ1n) is 12.1. The number of carbonyl (C=O) groups excluding carboxylic acids is 1. The maximum absolute atomic E-state index is 12.2. The third-order valence-electron chi connectivity index (χ3n) is 7.08. The lowest BCUT2D eigenvalue weighted by Gasteiger charge is -2.29. The molecule has 0 unspecified atom stereocenters. The van der Waals surface area contributed by atoms with E-state index in [9.17, 15) is 4.79 Å². The summed E-state index contributed by atoms with van der Waals surface area (Å²) in [6, 6.07) is 13.9. The van der Waals surface area contributed by atoms with Crippen molar-refractivity contribution in [1.82, 2.24) is 19.7 Å². The van der Waals surface area contributed by atoms with Crippen molar-refractivity contribution >= 4 is 17.0 Å². The molecule has 0 spiro atoms. The molecule has 2 aromatic heterocycles. The van der Waals surface area contributed by atoms with E-state index in [0.29, 0.717) is 30.6 Å². The summed E-state index contributed by atoms with van der Waals surface area (Å²) in [5.74, 6) is 1.42. The Morgan fingerprint density at radius 1 is 1.11 bits per heavy atom. The fraction of sp³-hybridized carbons (Fsp3) is 0.370. The number of rotatable bonds is 4. The molecule has 2 aromatic carbocycles. The van der Waals surface area contributed by atoms with Crippen LogP contribution in [0.2, 0.25) is 0 Å². The molecule has 0 saturated carbocycles. The number of para-hydroxylation sites is 1. The molecule has 4 aromatic rings. The normalized spacial score (nSPS) is 16.5. The second-order valence-electron chi connectivity index (χ2n) is 9.15. The van der Waals surface area contributed by atoms with Gasteiger partial charge in [-0.1, -0.05) is 12.1 Å². The first kappa shape index (κ1) is 21.9. The predicted molar refractivity (Wildman–Crippen MR) is 131 cm³/mol. The van der Waals surface area contributed by atoms with Crippen molar-refractivity contribution in [2.45, 2.75) is 38.8 Å². The number of carbonyl (C=O) groups is 1. The van der Waals surface area contributed by atoms with Gasteiger partial charge in [0.05, 0.1) is 18.8 Å².